The highest BCUT2D eigenvalue weighted by Gasteiger charge is 2.21. The van der Waals surface area contributed by atoms with Crippen molar-refractivity contribution in [2.24, 2.45) is 0 Å². The summed E-state index contributed by atoms with van der Waals surface area (Å²) in [5.74, 6) is 0.283. The van der Waals surface area contributed by atoms with E-state index in [1.807, 2.05) is 30.3 Å². The lowest BCUT2D eigenvalue weighted by atomic mass is 10.1. The minimum atomic E-state index is -0.340. The normalized spacial score (nSPS) is 12.1. The molecule has 88 valence electrons. The third-order valence-electron chi connectivity index (χ3n) is 1.98. The van der Waals surface area contributed by atoms with E-state index in [-0.39, 0.29) is 17.8 Å². The highest BCUT2D eigenvalue weighted by atomic mass is 32.2. The first-order valence-corrected chi connectivity index (χ1v) is 6.28. The van der Waals surface area contributed by atoms with Gasteiger partial charge >= 0.3 is 5.97 Å². The molecule has 1 rings (SSSR count). The van der Waals surface area contributed by atoms with E-state index < -0.39 is 0 Å². The van der Waals surface area contributed by atoms with E-state index in [2.05, 4.69) is 0 Å². The smallest absolute Gasteiger partial charge is 0.323 e. The summed E-state index contributed by atoms with van der Waals surface area (Å²) in [7, 11) is 0. The third-order valence-corrected chi connectivity index (χ3v) is 3.20. The molecule has 0 aromatic heterocycles. The molecule has 4 heteroatoms. The van der Waals surface area contributed by atoms with E-state index in [1.165, 1.54) is 11.8 Å². The van der Waals surface area contributed by atoms with Gasteiger partial charge in [-0.2, -0.15) is 0 Å². The fourth-order valence-corrected chi connectivity index (χ4v) is 2.21. The van der Waals surface area contributed by atoms with Crippen molar-refractivity contribution in [1.29, 1.82) is 0 Å². The molecule has 0 amide bonds. The van der Waals surface area contributed by atoms with Gasteiger partial charge in [-0.1, -0.05) is 30.3 Å². The summed E-state index contributed by atoms with van der Waals surface area (Å²) in [4.78, 5) is 11.7. The zero-order valence-electron chi connectivity index (χ0n) is 9.26. The fraction of sp³-hybridized carbons (Fsp3) is 0.417. The van der Waals surface area contributed by atoms with E-state index >= 15 is 0 Å². The molecule has 0 aliphatic carbocycles. The zero-order chi connectivity index (χ0) is 11.8. The molecule has 0 saturated carbocycles. The van der Waals surface area contributed by atoms with Crippen LogP contribution in [-0.2, 0) is 9.53 Å². The molecule has 1 unspecified atom stereocenters. The molecule has 0 radical (unpaired) electrons. The van der Waals surface area contributed by atoms with E-state index in [0.29, 0.717) is 12.4 Å². The van der Waals surface area contributed by atoms with Crippen LogP contribution >= 0.6 is 11.8 Å². The Morgan fingerprint density at radius 2 is 2.12 bits per heavy atom. The molecular weight excluding hydrogens is 224 g/mol. The number of aliphatic hydroxyl groups excluding tert-OH is 1. The average molecular weight is 240 g/mol. The van der Waals surface area contributed by atoms with Crippen molar-refractivity contribution in [3.05, 3.63) is 35.9 Å². The van der Waals surface area contributed by atoms with E-state index in [4.69, 9.17) is 9.84 Å². The minimum absolute atomic E-state index is 0.0629. The van der Waals surface area contributed by atoms with Crippen LogP contribution in [0.4, 0.5) is 0 Å². The lowest BCUT2D eigenvalue weighted by Crippen LogP contribution is -2.14. The van der Waals surface area contributed by atoms with Gasteiger partial charge in [0.2, 0.25) is 0 Å². The van der Waals surface area contributed by atoms with Gasteiger partial charge in [-0.3, -0.25) is 4.79 Å². The maximum Gasteiger partial charge on any atom is 0.323 e. The lowest BCUT2D eigenvalue weighted by Gasteiger charge is -2.14. The summed E-state index contributed by atoms with van der Waals surface area (Å²) in [6.45, 7) is 2.23. The SMILES string of the molecule is CCOC(=O)C(SCCO)c1ccccc1. The Balaban J connectivity index is 2.74. The molecule has 1 N–H and O–H groups in total. The second-order valence-corrected chi connectivity index (χ2v) is 4.35. The summed E-state index contributed by atoms with van der Waals surface area (Å²) < 4.78 is 5.01. The maximum absolute atomic E-state index is 11.7. The van der Waals surface area contributed by atoms with Crippen molar-refractivity contribution in [3.63, 3.8) is 0 Å². The second kappa shape index (κ2) is 7.30. The fourth-order valence-electron chi connectivity index (χ4n) is 1.32. The van der Waals surface area contributed by atoms with Gasteiger partial charge in [-0.25, -0.2) is 0 Å². The largest absolute Gasteiger partial charge is 0.465 e. The predicted octanol–water partition coefficient (Wildman–Crippen LogP) is 2.02. The molecule has 3 nitrogen and oxygen atoms in total. The van der Waals surface area contributed by atoms with Crippen LogP contribution in [0.3, 0.4) is 0 Å². The highest BCUT2D eigenvalue weighted by molar-refractivity contribution is 8.00. The Kier molecular flexibility index (Phi) is 5.96. The minimum Gasteiger partial charge on any atom is -0.465 e. The molecular formula is C12H16O3S. The van der Waals surface area contributed by atoms with Crippen LogP contribution in [0.15, 0.2) is 30.3 Å². The number of hydrogen-bond acceptors (Lipinski definition) is 4. The van der Waals surface area contributed by atoms with Gasteiger partial charge in [0, 0.05) is 5.75 Å². The summed E-state index contributed by atoms with van der Waals surface area (Å²) in [6, 6.07) is 9.47. The van der Waals surface area contributed by atoms with Gasteiger partial charge in [0.1, 0.15) is 5.25 Å². The predicted molar refractivity (Wildman–Crippen MR) is 65.4 cm³/mol. The molecule has 1 aromatic rings. The number of carbonyl (C=O) groups excluding carboxylic acids is 1. The number of rotatable bonds is 6. The molecule has 0 aliphatic rings. The molecule has 16 heavy (non-hydrogen) atoms. The number of benzene rings is 1. The van der Waals surface area contributed by atoms with Crippen LogP contribution < -0.4 is 0 Å². The van der Waals surface area contributed by atoms with E-state index in [9.17, 15) is 4.79 Å². The van der Waals surface area contributed by atoms with Gasteiger partial charge in [-0.15, -0.1) is 11.8 Å². The average Bonchev–Trinajstić information content (AvgIpc) is 2.31. The number of thioether (sulfide) groups is 1. The van der Waals surface area contributed by atoms with Crippen LogP contribution in [0, 0.1) is 0 Å². The van der Waals surface area contributed by atoms with Gasteiger partial charge in [0.05, 0.1) is 13.2 Å². The Labute approximate surface area is 99.8 Å². The van der Waals surface area contributed by atoms with Crippen molar-refractivity contribution in [1.82, 2.24) is 0 Å². The Hall–Kier alpha value is -1.00. The van der Waals surface area contributed by atoms with Crippen molar-refractivity contribution in [2.75, 3.05) is 19.0 Å². The zero-order valence-corrected chi connectivity index (χ0v) is 10.1. The first-order chi connectivity index (χ1) is 7.79. The maximum atomic E-state index is 11.7. The monoisotopic (exact) mass is 240 g/mol. The molecule has 1 atom stereocenters. The molecule has 0 aliphatic heterocycles. The van der Waals surface area contributed by atoms with E-state index in [1.54, 1.807) is 6.92 Å². The van der Waals surface area contributed by atoms with Gasteiger partial charge in [-0.05, 0) is 12.5 Å². The number of esters is 1. The van der Waals surface area contributed by atoms with Gasteiger partial charge < -0.3 is 9.84 Å². The highest BCUT2D eigenvalue weighted by Crippen LogP contribution is 2.29. The summed E-state index contributed by atoms with van der Waals surface area (Å²) in [6.07, 6.45) is 0. The van der Waals surface area contributed by atoms with Crippen LogP contribution in [0.1, 0.15) is 17.7 Å². The molecule has 0 spiro atoms. The van der Waals surface area contributed by atoms with Crippen molar-refractivity contribution >= 4 is 17.7 Å². The quantitative estimate of drug-likeness (QED) is 0.773. The Morgan fingerprint density at radius 1 is 1.44 bits per heavy atom. The summed E-state index contributed by atoms with van der Waals surface area (Å²) in [5, 5.41) is 8.46. The van der Waals surface area contributed by atoms with Crippen molar-refractivity contribution in [3.8, 4) is 0 Å². The number of hydrogen-bond donors (Lipinski definition) is 1. The Morgan fingerprint density at radius 3 is 2.69 bits per heavy atom. The number of carbonyl (C=O) groups is 1. The summed E-state index contributed by atoms with van der Waals surface area (Å²) in [5.41, 5.74) is 0.916. The number of ether oxygens (including phenoxy) is 1. The summed E-state index contributed by atoms with van der Waals surface area (Å²) >= 11 is 1.40. The van der Waals surface area contributed by atoms with Crippen LogP contribution in [-0.4, -0.2) is 30.0 Å². The van der Waals surface area contributed by atoms with Crippen LogP contribution in [0.25, 0.3) is 0 Å². The molecule has 0 fully saturated rings. The number of aliphatic hydroxyl groups is 1. The van der Waals surface area contributed by atoms with Crippen LogP contribution in [0.5, 0.6) is 0 Å². The first-order valence-electron chi connectivity index (χ1n) is 5.23. The van der Waals surface area contributed by atoms with E-state index in [0.717, 1.165) is 5.56 Å². The van der Waals surface area contributed by atoms with Crippen molar-refractivity contribution in [2.45, 2.75) is 12.2 Å². The topological polar surface area (TPSA) is 46.5 Å². The third kappa shape index (κ3) is 3.87. The first kappa shape index (κ1) is 13.1. The Bertz CT molecular complexity index is 313. The lowest BCUT2D eigenvalue weighted by molar-refractivity contribution is -0.142. The van der Waals surface area contributed by atoms with Crippen LogP contribution in [0.2, 0.25) is 0 Å². The van der Waals surface area contributed by atoms with Gasteiger partial charge in [0.25, 0.3) is 0 Å². The second-order valence-electron chi connectivity index (χ2n) is 3.14. The molecule has 1 aromatic carbocycles. The molecule has 0 heterocycles. The molecule has 0 bridgehead atoms. The molecule has 0 saturated heterocycles. The van der Waals surface area contributed by atoms with Crippen molar-refractivity contribution < 1.29 is 14.6 Å². The standard InChI is InChI=1S/C12H16O3S/c1-2-15-12(14)11(16-9-8-13)10-6-4-3-5-7-10/h3-7,11,13H,2,8-9H2,1H3. The van der Waals surface area contributed by atoms with Gasteiger partial charge in [0.15, 0.2) is 0 Å².